The standard InChI is InChI=1S/C17H16O3/c1-11(17(18)19)12-6-7-14-8-13-4-2-3-5-15(13)10-20-16(14)9-12/h2-7,9,11H,8,10H2,1H3,(H,18,19)/t11-/m0/s1. The van der Waals surface area contributed by atoms with Crippen LogP contribution in [0.15, 0.2) is 42.5 Å². The maximum absolute atomic E-state index is 11.1. The van der Waals surface area contributed by atoms with E-state index in [0.29, 0.717) is 6.61 Å². The predicted molar refractivity (Wildman–Crippen MR) is 76.1 cm³/mol. The highest BCUT2D eigenvalue weighted by Crippen LogP contribution is 2.31. The molecule has 0 saturated carbocycles. The maximum Gasteiger partial charge on any atom is 0.310 e. The molecule has 1 heterocycles. The normalized spacial score (nSPS) is 14.4. The lowest BCUT2D eigenvalue weighted by Crippen LogP contribution is -2.07. The van der Waals surface area contributed by atoms with Gasteiger partial charge in [0, 0.05) is 6.42 Å². The summed E-state index contributed by atoms with van der Waals surface area (Å²) < 4.78 is 5.85. The molecule has 1 atom stereocenters. The van der Waals surface area contributed by atoms with Crippen LogP contribution in [-0.4, -0.2) is 11.1 Å². The Hall–Kier alpha value is -2.29. The van der Waals surface area contributed by atoms with Gasteiger partial charge >= 0.3 is 5.97 Å². The second kappa shape index (κ2) is 5.00. The van der Waals surface area contributed by atoms with Crippen molar-refractivity contribution >= 4 is 5.97 Å². The summed E-state index contributed by atoms with van der Waals surface area (Å²) in [5, 5.41) is 9.10. The predicted octanol–water partition coefficient (Wildman–Crippen LogP) is 3.36. The van der Waals surface area contributed by atoms with Gasteiger partial charge < -0.3 is 9.84 Å². The number of aliphatic carboxylic acids is 1. The number of hydrogen-bond donors (Lipinski definition) is 1. The number of carboxylic acids is 1. The number of fused-ring (bicyclic) bond motifs is 2. The van der Waals surface area contributed by atoms with Crippen molar-refractivity contribution < 1.29 is 14.6 Å². The molecular weight excluding hydrogens is 252 g/mol. The fourth-order valence-electron chi connectivity index (χ4n) is 2.49. The van der Waals surface area contributed by atoms with Crippen LogP contribution in [0.1, 0.15) is 35.1 Å². The van der Waals surface area contributed by atoms with Crippen LogP contribution < -0.4 is 4.74 Å². The van der Waals surface area contributed by atoms with Gasteiger partial charge in [-0.15, -0.1) is 0 Å². The number of rotatable bonds is 2. The Kier molecular flexibility index (Phi) is 3.18. The molecule has 0 aromatic heterocycles. The first kappa shape index (κ1) is 12.7. The van der Waals surface area contributed by atoms with Crippen molar-refractivity contribution in [3.05, 3.63) is 64.7 Å². The van der Waals surface area contributed by atoms with Gasteiger partial charge in [-0.1, -0.05) is 36.4 Å². The highest BCUT2D eigenvalue weighted by molar-refractivity contribution is 5.75. The maximum atomic E-state index is 11.1. The molecule has 0 spiro atoms. The van der Waals surface area contributed by atoms with Crippen LogP contribution in [0.25, 0.3) is 0 Å². The summed E-state index contributed by atoms with van der Waals surface area (Å²) in [6.45, 7) is 2.23. The fraction of sp³-hybridized carbons (Fsp3) is 0.235. The van der Waals surface area contributed by atoms with E-state index >= 15 is 0 Å². The molecule has 2 aromatic rings. The van der Waals surface area contributed by atoms with Crippen LogP contribution in [0.2, 0.25) is 0 Å². The highest BCUT2D eigenvalue weighted by atomic mass is 16.5. The molecule has 1 aliphatic heterocycles. The van der Waals surface area contributed by atoms with Crippen molar-refractivity contribution in [1.82, 2.24) is 0 Å². The smallest absolute Gasteiger partial charge is 0.310 e. The van der Waals surface area contributed by atoms with Crippen LogP contribution in [-0.2, 0) is 17.8 Å². The molecule has 102 valence electrons. The molecule has 3 nitrogen and oxygen atoms in total. The van der Waals surface area contributed by atoms with Crippen LogP contribution in [0, 0.1) is 0 Å². The molecule has 0 saturated heterocycles. The molecule has 0 aliphatic carbocycles. The third-order valence-electron chi connectivity index (χ3n) is 3.84. The van der Waals surface area contributed by atoms with Crippen LogP contribution in [0.3, 0.4) is 0 Å². The third kappa shape index (κ3) is 2.27. The van der Waals surface area contributed by atoms with Gasteiger partial charge in [-0.25, -0.2) is 0 Å². The fourth-order valence-corrected chi connectivity index (χ4v) is 2.49. The van der Waals surface area contributed by atoms with E-state index in [1.165, 1.54) is 11.1 Å². The van der Waals surface area contributed by atoms with E-state index in [1.807, 2.05) is 30.3 Å². The SMILES string of the molecule is C[C@H](C(=O)O)c1ccc2c(c1)OCc1ccccc1C2. The Morgan fingerprint density at radius 1 is 1.15 bits per heavy atom. The van der Waals surface area contributed by atoms with Crippen molar-refractivity contribution in [1.29, 1.82) is 0 Å². The van der Waals surface area contributed by atoms with Crippen LogP contribution >= 0.6 is 0 Å². The topological polar surface area (TPSA) is 46.5 Å². The molecule has 1 aliphatic rings. The van der Waals surface area contributed by atoms with Gasteiger partial charge in [0.1, 0.15) is 12.4 Å². The Labute approximate surface area is 117 Å². The van der Waals surface area contributed by atoms with Gasteiger partial charge in [0.15, 0.2) is 0 Å². The Balaban J connectivity index is 1.97. The number of carbonyl (C=O) groups is 1. The van der Waals surface area contributed by atoms with E-state index < -0.39 is 11.9 Å². The Bertz CT molecular complexity index is 661. The zero-order chi connectivity index (χ0) is 14.1. The highest BCUT2D eigenvalue weighted by Gasteiger charge is 2.18. The summed E-state index contributed by atoms with van der Waals surface area (Å²) >= 11 is 0. The number of carboxylic acid groups (broad SMARTS) is 1. The van der Waals surface area contributed by atoms with Gasteiger partial charge in [-0.2, -0.15) is 0 Å². The largest absolute Gasteiger partial charge is 0.489 e. The van der Waals surface area contributed by atoms with Crippen molar-refractivity contribution in [3.8, 4) is 5.75 Å². The van der Waals surface area contributed by atoms with Crippen molar-refractivity contribution in [2.24, 2.45) is 0 Å². The quantitative estimate of drug-likeness (QED) is 0.908. The third-order valence-corrected chi connectivity index (χ3v) is 3.84. The average molecular weight is 268 g/mol. The van der Waals surface area contributed by atoms with Crippen LogP contribution in [0.5, 0.6) is 5.75 Å². The summed E-state index contributed by atoms with van der Waals surface area (Å²) in [5.41, 5.74) is 4.35. The number of ether oxygens (including phenoxy) is 1. The van der Waals surface area contributed by atoms with E-state index in [0.717, 1.165) is 23.3 Å². The molecule has 0 unspecified atom stereocenters. The van der Waals surface area contributed by atoms with Gasteiger partial charge in [-0.05, 0) is 35.2 Å². The van der Waals surface area contributed by atoms with Gasteiger partial charge in [0.2, 0.25) is 0 Å². The molecular formula is C17H16O3. The van der Waals surface area contributed by atoms with Gasteiger partial charge in [0.05, 0.1) is 5.92 Å². The summed E-state index contributed by atoms with van der Waals surface area (Å²) in [6.07, 6.45) is 0.827. The minimum atomic E-state index is -0.818. The van der Waals surface area contributed by atoms with E-state index in [4.69, 9.17) is 9.84 Å². The zero-order valence-electron chi connectivity index (χ0n) is 11.3. The second-order valence-electron chi connectivity index (χ2n) is 5.16. The van der Waals surface area contributed by atoms with Crippen LogP contribution in [0.4, 0.5) is 0 Å². The first-order chi connectivity index (χ1) is 9.65. The molecule has 2 aromatic carbocycles. The monoisotopic (exact) mass is 268 g/mol. The van der Waals surface area contributed by atoms with E-state index in [9.17, 15) is 4.79 Å². The summed E-state index contributed by atoms with van der Waals surface area (Å²) in [6, 6.07) is 13.9. The zero-order valence-corrected chi connectivity index (χ0v) is 11.3. The van der Waals surface area contributed by atoms with Crippen molar-refractivity contribution in [2.45, 2.75) is 25.9 Å². The number of hydrogen-bond acceptors (Lipinski definition) is 2. The van der Waals surface area contributed by atoms with Crippen molar-refractivity contribution in [3.63, 3.8) is 0 Å². The van der Waals surface area contributed by atoms with Gasteiger partial charge in [-0.3, -0.25) is 4.79 Å². The molecule has 1 N–H and O–H groups in total. The van der Waals surface area contributed by atoms with Gasteiger partial charge in [0.25, 0.3) is 0 Å². The lowest BCUT2D eigenvalue weighted by atomic mass is 9.96. The first-order valence-electron chi connectivity index (χ1n) is 6.70. The second-order valence-corrected chi connectivity index (χ2v) is 5.16. The molecule has 3 rings (SSSR count). The Morgan fingerprint density at radius 3 is 2.65 bits per heavy atom. The minimum absolute atomic E-state index is 0.519. The average Bonchev–Trinajstić information content (AvgIpc) is 2.64. The minimum Gasteiger partial charge on any atom is -0.489 e. The Morgan fingerprint density at radius 2 is 1.90 bits per heavy atom. The summed E-state index contributed by atoms with van der Waals surface area (Å²) in [5.74, 6) is -0.539. The van der Waals surface area contributed by atoms with E-state index in [1.54, 1.807) is 6.92 Å². The van der Waals surface area contributed by atoms with E-state index in [2.05, 4.69) is 12.1 Å². The van der Waals surface area contributed by atoms with Crippen molar-refractivity contribution in [2.75, 3.05) is 0 Å². The molecule has 0 bridgehead atoms. The molecule has 0 radical (unpaired) electrons. The molecule has 0 fully saturated rings. The lowest BCUT2D eigenvalue weighted by molar-refractivity contribution is -0.138. The van der Waals surface area contributed by atoms with E-state index in [-0.39, 0.29) is 0 Å². The molecule has 20 heavy (non-hydrogen) atoms. The summed E-state index contributed by atoms with van der Waals surface area (Å²) in [4.78, 5) is 11.1. The molecule has 3 heteroatoms. The first-order valence-corrected chi connectivity index (χ1v) is 6.70. The molecule has 0 amide bonds. The number of benzene rings is 2. The summed E-state index contributed by atoms with van der Waals surface area (Å²) in [7, 11) is 0. The lowest BCUT2D eigenvalue weighted by Gasteiger charge is -2.12.